The smallest absolute Gasteiger partial charge is 0.00432 e. The van der Waals surface area contributed by atoms with Crippen molar-refractivity contribution in [3.05, 3.63) is 0 Å². The molecule has 0 spiro atoms. The standard InChI is InChI=1S/C25H48N4/c1-3-19(25-11-18(8-22(25)14-28)9-23(25)15-29)5-4-16(2)24-10-17(6-20(24)12-26)7-21(24)13-27/h16-23H,3-15,26-29H2,1-2H3. The van der Waals surface area contributed by atoms with Crippen molar-refractivity contribution in [3.8, 4) is 0 Å². The van der Waals surface area contributed by atoms with E-state index < -0.39 is 0 Å². The predicted molar refractivity (Wildman–Crippen MR) is 122 cm³/mol. The van der Waals surface area contributed by atoms with Crippen LogP contribution in [0.5, 0.6) is 0 Å². The van der Waals surface area contributed by atoms with Crippen LogP contribution in [-0.4, -0.2) is 26.2 Å². The molecule has 29 heavy (non-hydrogen) atoms. The first-order valence-electron chi connectivity index (χ1n) is 12.8. The number of rotatable bonds is 10. The summed E-state index contributed by atoms with van der Waals surface area (Å²) in [6.07, 6.45) is 12.2. The highest BCUT2D eigenvalue weighted by molar-refractivity contribution is 5.11. The summed E-state index contributed by atoms with van der Waals surface area (Å²) in [5, 5.41) is 0. The Hall–Kier alpha value is -0.160. The first-order chi connectivity index (χ1) is 14.0. The van der Waals surface area contributed by atoms with E-state index in [4.69, 9.17) is 22.9 Å². The molecule has 6 unspecified atom stereocenters. The van der Waals surface area contributed by atoms with Crippen LogP contribution in [0.15, 0.2) is 0 Å². The van der Waals surface area contributed by atoms with E-state index in [1.165, 1.54) is 57.8 Å². The largest absolute Gasteiger partial charge is 0.330 e. The van der Waals surface area contributed by atoms with Crippen molar-refractivity contribution in [3.63, 3.8) is 0 Å². The van der Waals surface area contributed by atoms with Gasteiger partial charge in [-0.2, -0.15) is 0 Å². The van der Waals surface area contributed by atoms with Gasteiger partial charge in [-0.3, -0.25) is 0 Å². The Kier molecular flexibility index (Phi) is 6.39. The van der Waals surface area contributed by atoms with E-state index in [-0.39, 0.29) is 0 Å². The third-order valence-corrected chi connectivity index (χ3v) is 11.1. The van der Waals surface area contributed by atoms with E-state index in [1.807, 2.05) is 0 Å². The van der Waals surface area contributed by atoms with Crippen LogP contribution in [0, 0.1) is 58.2 Å². The van der Waals surface area contributed by atoms with E-state index in [0.29, 0.717) is 34.5 Å². The molecule has 0 aromatic carbocycles. The lowest BCUT2D eigenvalue weighted by molar-refractivity contribution is 0.00767. The molecular weight excluding hydrogens is 356 g/mol. The molecule has 4 bridgehead atoms. The molecular formula is C25H48N4. The topological polar surface area (TPSA) is 104 Å². The van der Waals surface area contributed by atoms with Crippen molar-refractivity contribution < 1.29 is 0 Å². The molecule has 168 valence electrons. The molecule has 4 fully saturated rings. The monoisotopic (exact) mass is 404 g/mol. The Morgan fingerprint density at radius 1 is 0.690 bits per heavy atom. The molecule has 0 saturated heterocycles. The average Bonchev–Trinajstić information content (AvgIpc) is 3.49. The number of fused-ring (bicyclic) bond motifs is 4. The molecule has 4 nitrogen and oxygen atoms in total. The molecule has 8 N–H and O–H groups in total. The fourth-order valence-electron chi connectivity index (χ4n) is 10.0. The van der Waals surface area contributed by atoms with Crippen LogP contribution in [0.3, 0.4) is 0 Å². The van der Waals surface area contributed by atoms with Gasteiger partial charge in [-0.1, -0.05) is 20.3 Å². The van der Waals surface area contributed by atoms with E-state index in [0.717, 1.165) is 49.9 Å². The van der Waals surface area contributed by atoms with Crippen LogP contribution in [-0.2, 0) is 0 Å². The summed E-state index contributed by atoms with van der Waals surface area (Å²) >= 11 is 0. The van der Waals surface area contributed by atoms with Crippen LogP contribution in [0.2, 0.25) is 0 Å². The van der Waals surface area contributed by atoms with Gasteiger partial charge in [0.25, 0.3) is 0 Å². The van der Waals surface area contributed by atoms with Crippen molar-refractivity contribution in [2.75, 3.05) is 26.2 Å². The fraction of sp³-hybridized carbons (Fsp3) is 1.00. The minimum atomic E-state index is 0.415. The molecule has 4 aliphatic carbocycles. The van der Waals surface area contributed by atoms with Gasteiger partial charge in [0.15, 0.2) is 0 Å². The van der Waals surface area contributed by atoms with Crippen molar-refractivity contribution in [2.24, 2.45) is 81.1 Å². The van der Waals surface area contributed by atoms with Crippen LogP contribution in [0.1, 0.15) is 71.6 Å². The van der Waals surface area contributed by atoms with E-state index in [1.54, 1.807) is 0 Å². The molecule has 0 heterocycles. The second-order valence-corrected chi connectivity index (χ2v) is 11.6. The molecule has 0 radical (unpaired) electrons. The van der Waals surface area contributed by atoms with E-state index in [9.17, 15) is 0 Å². The number of hydrogen-bond acceptors (Lipinski definition) is 4. The normalized spacial score (nSPS) is 47.8. The molecule has 0 aromatic rings. The Labute approximate surface area is 179 Å². The summed E-state index contributed by atoms with van der Waals surface area (Å²) in [5.74, 6) is 6.06. The average molecular weight is 405 g/mol. The molecule has 4 rings (SSSR count). The van der Waals surface area contributed by atoms with E-state index >= 15 is 0 Å². The molecule has 0 aliphatic heterocycles. The first kappa shape index (κ1) is 22.0. The molecule has 4 saturated carbocycles. The van der Waals surface area contributed by atoms with Gasteiger partial charge < -0.3 is 22.9 Å². The van der Waals surface area contributed by atoms with Gasteiger partial charge in [-0.25, -0.2) is 0 Å². The highest BCUT2D eigenvalue weighted by Crippen LogP contribution is 2.67. The Bertz CT molecular complexity index is 535. The van der Waals surface area contributed by atoms with Gasteiger partial charge in [0.1, 0.15) is 0 Å². The van der Waals surface area contributed by atoms with Gasteiger partial charge in [-0.15, -0.1) is 0 Å². The lowest BCUT2D eigenvalue weighted by atomic mass is 9.57. The van der Waals surface area contributed by atoms with Crippen molar-refractivity contribution >= 4 is 0 Å². The molecule has 4 heteroatoms. The Morgan fingerprint density at radius 3 is 1.52 bits per heavy atom. The molecule has 0 amide bonds. The van der Waals surface area contributed by atoms with Crippen LogP contribution in [0.4, 0.5) is 0 Å². The summed E-state index contributed by atoms with van der Waals surface area (Å²) in [6, 6.07) is 0. The third-order valence-electron chi connectivity index (χ3n) is 11.1. The molecule has 0 aromatic heterocycles. The van der Waals surface area contributed by atoms with Gasteiger partial charge in [-0.05, 0) is 136 Å². The quantitative estimate of drug-likeness (QED) is 0.448. The van der Waals surface area contributed by atoms with Crippen molar-refractivity contribution in [1.82, 2.24) is 0 Å². The maximum Gasteiger partial charge on any atom is -0.00432 e. The number of hydrogen-bond donors (Lipinski definition) is 4. The summed E-state index contributed by atoms with van der Waals surface area (Å²) in [4.78, 5) is 0. The maximum absolute atomic E-state index is 6.32. The SMILES string of the molecule is CCC(CCC(C)C12CC(CC1CN)CC2CN)C12CC(CC1CN)CC2CN. The summed E-state index contributed by atoms with van der Waals surface area (Å²) in [7, 11) is 0. The van der Waals surface area contributed by atoms with E-state index in [2.05, 4.69) is 13.8 Å². The highest BCUT2D eigenvalue weighted by Gasteiger charge is 2.61. The summed E-state index contributed by atoms with van der Waals surface area (Å²) in [6.45, 7) is 8.37. The molecule has 4 aliphatic rings. The van der Waals surface area contributed by atoms with Crippen LogP contribution in [0.25, 0.3) is 0 Å². The fourth-order valence-corrected chi connectivity index (χ4v) is 10.0. The Balaban J connectivity index is 1.51. The van der Waals surface area contributed by atoms with Gasteiger partial charge >= 0.3 is 0 Å². The zero-order valence-corrected chi connectivity index (χ0v) is 19.1. The zero-order chi connectivity index (χ0) is 20.8. The molecule has 6 atom stereocenters. The minimum Gasteiger partial charge on any atom is -0.330 e. The lowest BCUT2D eigenvalue weighted by Crippen LogP contribution is -2.47. The highest BCUT2D eigenvalue weighted by atomic mass is 14.7. The second-order valence-electron chi connectivity index (χ2n) is 11.6. The minimum absolute atomic E-state index is 0.415. The second kappa shape index (κ2) is 8.41. The van der Waals surface area contributed by atoms with Crippen molar-refractivity contribution in [2.45, 2.75) is 71.6 Å². The predicted octanol–water partition coefficient (Wildman–Crippen LogP) is 3.33. The lowest BCUT2D eigenvalue weighted by Gasteiger charge is -2.49. The van der Waals surface area contributed by atoms with Crippen LogP contribution < -0.4 is 22.9 Å². The Morgan fingerprint density at radius 2 is 1.10 bits per heavy atom. The van der Waals surface area contributed by atoms with Crippen molar-refractivity contribution in [1.29, 1.82) is 0 Å². The number of nitrogens with two attached hydrogens (primary N) is 4. The van der Waals surface area contributed by atoms with Gasteiger partial charge in [0.2, 0.25) is 0 Å². The van der Waals surface area contributed by atoms with Gasteiger partial charge in [0, 0.05) is 0 Å². The zero-order valence-electron chi connectivity index (χ0n) is 19.1. The third kappa shape index (κ3) is 3.15. The first-order valence-corrected chi connectivity index (χ1v) is 12.8. The van der Waals surface area contributed by atoms with Crippen LogP contribution >= 0.6 is 0 Å². The maximum atomic E-state index is 6.32. The summed E-state index contributed by atoms with van der Waals surface area (Å²) < 4.78 is 0. The summed E-state index contributed by atoms with van der Waals surface area (Å²) in [5.41, 5.74) is 26.1. The van der Waals surface area contributed by atoms with Gasteiger partial charge in [0.05, 0.1) is 0 Å².